The average molecular weight is 1210 g/mol. The van der Waals surface area contributed by atoms with Crippen molar-refractivity contribution in [2.75, 3.05) is 82.7 Å². The number of piperidine rings is 2. The number of aromatic nitrogens is 10. The van der Waals surface area contributed by atoms with Crippen LogP contribution in [-0.4, -0.2) is 103 Å². The molecule has 3 aromatic carbocycles. The molecule has 438 valence electrons. The largest absolute Gasteiger partial charge is 0.373 e. The van der Waals surface area contributed by atoms with Crippen LogP contribution in [0, 0.1) is 66.8 Å². The van der Waals surface area contributed by atoms with Crippen molar-refractivity contribution in [1.82, 2.24) is 49.8 Å². The van der Waals surface area contributed by atoms with Gasteiger partial charge in [-0.05, 0) is 179 Å². The fraction of sp³-hybridized carbons (Fsp3) is 0.397. The average Bonchev–Trinajstić information content (AvgIpc) is 3.93. The van der Waals surface area contributed by atoms with Gasteiger partial charge in [0, 0.05) is 123 Å². The van der Waals surface area contributed by atoms with E-state index in [1.807, 2.05) is 37.9 Å². The zero-order valence-corrected chi connectivity index (χ0v) is 49.8. The van der Waals surface area contributed by atoms with Crippen molar-refractivity contribution in [2.45, 2.75) is 71.6 Å². The van der Waals surface area contributed by atoms with Gasteiger partial charge in [0.15, 0.2) is 0 Å². The maximum atomic E-state index is 13.5. The van der Waals surface area contributed by atoms with Gasteiger partial charge in [-0.25, -0.2) is 58.0 Å². The molecule has 1 N–H and O–H groups in total. The number of nitrogens with zero attached hydrogens (tertiary/aromatic N) is 15. The predicted molar refractivity (Wildman–Crippen MR) is 327 cm³/mol. The van der Waals surface area contributed by atoms with Crippen LogP contribution in [0.3, 0.4) is 0 Å². The highest BCUT2D eigenvalue weighted by Crippen LogP contribution is 2.47. The molecule has 5 aliphatic heterocycles. The zero-order chi connectivity index (χ0) is 58.5. The topological polar surface area (TPSA) is 157 Å². The summed E-state index contributed by atoms with van der Waals surface area (Å²) in [6.07, 6.45) is 12.5. The number of hydrogen-bond donors (Lipinski definition) is 1. The van der Waals surface area contributed by atoms with Gasteiger partial charge in [0.2, 0.25) is 5.28 Å². The van der Waals surface area contributed by atoms with Crippen LogP contribution >= 0.6 is 34.8 Å². The Hall–Kier alpha value is -7.48. The second kappa shape index (κ2) is 24.1. The van der Waals surface area contributed by atoms with Crippen LogP contribution in [0.1, 0.15) is 65.4 Å². The molecular formula is C63H64Cl3F3N16. The highest BCUT2D eigenvalue weighted by Gasteiger charge is 2.45. The Morgan fingerprint density at radius 1 is 0.471 bits per heavy atom. The number of nitrogens with one attached hydrogen (secondary N) is 1. The van der Waals surface area contributed by atoms with E-state index < -0.39 is 0 Å². The van der Waals surface area contributed by atoms with E-state index in [1.54, 1.807) is 36.9 Å². The maximum absolute atomic E-state index is 13.5. The fourth-order valence-corrected chi connectivity index (χ4v) is 14.9. The fourth-order valence-electron chi connectivity index (χ4n) is 14.1. The second-order valence-electron chi connectivity index (χ2n) is 23.3. The van der Waals surface area contributed by atoms with Crippen LogP contribution in [0.4, 0.5) is 65.1 Å². The third-order valence-electron chi connectivity index (χ3n) is 18.2. The van der Waals surface area contributed by atoms with Crippen molar-refractivity contribution in [3.63, 3.8) is 0 Å². The Bertz CT molecular complexity index is 3710. The summed E-state index contributed by atoms with van der Waals surface area (Å²) in [5, 5.41) is 4.36. The number of halogens is 6. The van der Waals surface area contributed by atoms with E-state index in [2.05, 4.69) is 67.0 Å². The molecule has 4 fully saturated rings. The van der Waals surface area contributed by atoms with Crippen LogP contribution in [-0.2, 0) is 32.1 Å². The Kier molecular flexibility index (Phi) is 16.1. The van der Waals surface area contributed by atoms with E-state index in [0.717, 1.165) is 164 Å². The zero-order valence-electron chi connectivity index (χ0n) is 47.5. The minimum Gasteiger partial charge on any atom is -0.373 e. The number of fused-ring (bicyclic) bond motifs is 7. The number of anilines is 9. The van der Waals surface area contributed by atoms with Crippen LogP contribution in [0.5, 0.6) is 0 Å². The van der Waals surface area contributed by atoms with Crippen molar-refractivity contribution >= 4 is 86.8 Å². The Balaban J connectivity index is 0.000000124. The van der Waals surface area contributed by atoms with Crippen molar-refractivity contribution in [1.29, 1.82) is 0 Å². The first-order chi connectivity index (χ1) is 41.3. The second-order valence-corrected chi connectivity index (χ2v) is 24.3. The van der Waals surface area contributed by atoms with E-state index in [4.69, 9.17) is 54.7 Å². The minimum absolute atomic E-state index is 0.118. The summed E-state index contributed by atoms with van der Waals surface area (Å²) in [4.78, 5) is 56.5. The van der Waals surface area contributed by atoms with Gasteiger partial charge in [-0.15, -0.1) is 0 Å². The monoisotopic (exact) mass is 1210 g/mol. The highest BCUT2D eigenvalue weighted by molar-refractivity contribution is 6.32. The maximum Gasteiger partial charge on any atom is 0.225 e. The molecule has 2 saturated heterocycles. The Morgan fingerprint density at radius 3 is 1.26 bits per heavy atom. The first kappa shape index (κ1) is 56.6. The summed E-state index contributed by atoms with van der Waals surface area (Å²) in [6.45, 7) is 10.5. The van der Waals surface area contributed by atoms with Crippen LogP contribution in [0.25, 0.3) is 0 Å². The van der Waals surface area contributed by atoms with Crippen molar-refractivity contribution in [3.05, 3.63) is 170 Å². The molecule has 15 rings (SSSR count). The van der Waals surface area contributed by atoms with E-state index in [1.165, 1.54) is 62.1 Å². The molecule has 4 bridgehead atoms. The van der Waals surface area contributed by atoms with Gasteiger partial charge in [-0.2, -0.15) is 4.98 Å². The number of aryl methyl sites for hydroxylation is 2. The quantitative estimate of drug-likeness (QED) is 0.102. The molecule has 2 aliphatic carbocycles. The number of benzene rings is 3. The van der Waals surface area contributed by atoms with Crippen LogP contribution < -0.4 is 29.8 Å². The van der Waals surface area contributed by atoms with Gasteiger partial charge in [-0.1, -0.05) is 23.2 Å². The molecule has 8 aromatic rings. The Labute approximate surface area is 507 Å². The highest BCUT2D eigenvalue weighted by atomic mass is 35.5. The molecule has 5 aromatic heterocycles. The smallest absolute Gasteiger partial charge is 0.225 e. The lowest BCUT2D eigenvalue weighted by atomic mass is 9.82. The SMILES string of the molecule is CNc1nc(CC2C3CCC2CN(c2cc(C)ncn2)C3)nc2c1CCN2c1ccc(F)cc1.Cc1cc(N2CC3CCC(C2)C3Cc2nc(Cl)c3c(n2)N(c2ccc(F)cc2)CC3)ncn1.Fc1ccc(N2CCc3c(Cl)nc(Cl)nc32)cc1. The van der Waals surface area contributed by atoms with Gasteiger partial charge in [0.1, 0.15) is 87.0 Å². The summed E-state index contributed by atoms with van der Waals surface area (Å²) in [5.74, 6) is 10.1. The van der Waals surface area contributed by atoms with E-state index in [9.17, 15) is 13.2 Å². The summed E-state index contributed by atoms with van der Waals surface area (Å²) in [6, 6.07) is 23.7. The summed E-state index contributed by atoms with van der Waals surface area (Å²) >= 11 is 18.5. The minimum atomic E-state index is -0.267. The van der Waals surface area contributed by atoms with Crippen LogP contribution in [0.2, 0.25) is 15.6 Å². The molecule has 2 saturated carbocycles. The first-order valence-corrected chi connectivity index (χ1v) is 30.4. The molecule has 0 amide bonds. The number of rotatable bonds is 10. The number of hydrogen-bond acceptors (Lipinski definition) is 16. The van der Waals surface area contributed by atoms with E-state index in [-0.39, 0.29) is 22.7 Å². The third-order valence-corrected chi connectivity index (χ3v) is 19.0. The van der Waals surface area contributed by atoms with Crippen molar-refractivity contribution in [2.24, 2.45) is 35.5 Å². The predicted octanol–water partition coefficient (Wildman–Crippen LogP) is 12.5. The molecule has 10 heterocycles. The third kappa shape index (κ3) is 11.8. The molecule has 4 unspecified atom stereocenters. The molecule has 0 radical (unpaired) electrons. The lowest BCUT2D eigenvalue weighted by Crippen LogP contribution is -2.43. The summed E-state index contributed by atoms with van der Waals surface area (Å²) in [5.41, 5.74) is 7.79. The summed E-state index contributed by atoms with van der Waals surface area (Å²) < 4.78 is 39.8. The van der Waals surface area contributed by atoms with E-state index >= 15 is 0 Å². The lowest BCUT2D eigenvalue weighted by Gasteiger charge is -2.38. The van der Waals surface area contributed by atoms with Crippen LogP contribution in [0.15, 0.2) is 97.6 Å². The van der Waals surface area contributed by atoms with Gasteiger partial charge in [0.05, 0.1) is 0 Å². The standard InChI is InChI=1S/C26H30FN7.C25H26ClFN6.C12H8Cl2FN3/c1-16-11-24(30-15-29-16)33-13-17-3-4-18(14-33)22(17)12-23-31-25(28-2)21-9-10-34(26(21)32-23)20-7-5-19(27)6-8-20;1-15-10-23(29-14-28-15)32-12-16-2-3-17(13-32)21(16)11-22-30-24(26)20-8-9-33(25(20)31-22)19-6-4-18(27)5-7-19;13-10-9-5-6-18(11(9)17-12(14)16-10)8-3-1-7(15)2-4-8/h5-8,11,15,17-18,22H,3-4,9-10,12-14H2,1-2H3,(H,28,31,32);4-7,10,14,16-17,21H,2-3,8-9,11-13H2,1H3;1-4H,5-6H2. The summed E-state index contributed by atoms with van der Waals surface area (Å²) in [7, 11) is 1.93. The van der Waals surface area contributed by atoms with E-state index in [0.29, 0.717) is 51.6 Å². The normalized spacial score (nSPS) is 21.5. The van der Waals surface area contributed by atoms with Crippen molar-refractivity contribution < 1.29 is 13.2 Å². The molecule has 4 atom stereocenters. The molecule has 16 nitrogen and oxygen atoms in total. The molecule has 85 heavy (non-hydrogen) atoms. The van der Waals surface area contributed by atoms with Gasteiger partial charge in [-0.3, -0.25) is 0 Å². The molecular weight excluding hydrogens is 1140 g/mol. The van der Waals surface area contributed by atoms with Gasteiger partial charge >= 0.3 is 0 Å². The molecule has 22 heteroatoms. The van der Waals surface area contributed by atoms with Gasteiger partial charge in [0.25, 0.3) is 0 Å². The lowest BCUT2D eigenvalue weighted by molar-refractivity contribution is 0.265. The van der Waals surface area contributed by atoms with Gasteiger partial charge < -0.3 is 29.8 Å². The first-order valence-electron chi connectivity index (χ1n) is 29.3. The molecule has 7 aliphatic rings. The van der Waals surface area contributed by atoms with Crippen molar-refractivity contribution in [3.8, 4) is 0 Å². The molecule has 0 spiro atoms. The Morgan fingerprint density at radius 2 is 0.847 bits per heavy atom.